The number of ether oxygens (including phenoxy) is 1. The smallest absolute Gasteiger partial charge is 0.416 e. The minimum Gasteiger partial charge on any atom is -0.468 e. The number of imide groups is 1. The van der Waals surface area contributed by atoms with E-state index in [1.54, 1.807) is 0 Å². The van der Waals surface area contributed by atoms with Crippen LogP contribution in [0.5, 0.6) is 0 Å². The molecule has 10 heteroatoms. The molecule has 0 aliphatic carbocycles. The molecule has 0 aromatic heterocycles. The van der Waals surface area contributed by atoms with Gasteiger partial charge in [0.25, 0.3) is 11.8 Å². The molecule has 0 spiro atoms. The maximum atomic E-state index is 13.4. The first-order valence-electron chi connectivity index (χ1n) is 9.01. The molecule has 2 N–H and O–H groups in total. The number of carbonyl (C=O) groups excluding carboxylic acids is 4. The number of fused-ring (bicyclic) bond motifs is 1. The second-order valence-corrected chi connectivity index (χ2v) is 6.98. The fraction of sp³-hybridized carbons (Fsp3) is 0.238. The standard InChI is InChI=1S/C21H17F3N2O5/c1-31-19(30)20(10-16(25)27)15-8-3-2-7-14(15)17(28)26(18(20)29)11-12-5-4-6-13(9-12)21(22,23)24/h2-9H,10-11H2,1H3,(H2,25,27). The first-order valence-corrected chi connectivity index (χ1v) is 9.01. The molecule has 1 heterocycles. The summed E-state index contributed by atoms with van der Waals surface area (Å²) in [6, 6.07) is 9.75. The molecule has 162 valence electrons. The lowest BCUT2D eigenvalue weighted by atomic mass is 9.71. The highest BCUT2D eigenvalue weighted by atomic mass is 19.4. The van der Waals surface area contributed by atoms with Gasteiger partial charge in [0, 0.05) is 5.56 Å². The number of carbonyl (C=O) groups is 4. The second-order valence-electron chi connectivity index (χ2n) is 6.98. The molecule has 0 bridgehead atoms. The van der Waals surface area contributed by atoms with Crippen LogP contribution in [0.1, 0.15) is 33.5 Å². The lowest BCUT2D eigenvalue weighted by Crippen LogP contribution is -2.59. The predicted octanol–water partition coefficient (Wildman–Crippen LogP) is 2.17. The van der Waals surface area contributed by atoms with E-state index in [0.717, 1.165) is 25.3 Å². The summed E-state index contributed by atoms with van der Waals surface area (Å²) in [6.45, 7) is -0.548. The van der Waals surface area contributed by atoms with Crippen LogP contribution in [0.15, 0.2) is 48.5 Å². The van der Waals surface area contributed by atoms with Crippen LogP contribution in [0.3, 0.4) is 0 Å². The van der Waals surface area contributed by atoms with Gasteiger partial charge in [0.2, 0.25) is 5.91 Å². The quantitative estimate of drug-likeness (QED) is 0.441. The first kappa shape index (κ1) is 22.0. The van der Waals surface area contributed by atoms with Gasteiger partial charge in [-0.2, -0.15) is 13.2 Å². The average molecular weight is 434 g/mol. The molecule has 2 aromatic carbocycles. The molecule has 0 saturated carbocycles. The molecular formula is C21H17F3N2O5. The van der Waals surface area contributed by atoms with Gasteiger partial charge in [-0.15, -0.1) is 0 Å². The zero-order chi connectivity index (χ0) is 23.0. The highest BCUT2D eigenvalue weighted by Gasteiger charge is 2.57. The Bertz CT molecular complexity index is 1080. The number of hydrogen-bond acceptors (Lipinski definition) is 5. The Balaban J connectivity index is 2.16. The summed E-state index contributed by atoms with van der Waals surface area (Å²) >= 11 is 0. The fourth-order valence-electron chi connectivity index (χ4n) is 3.67. The van der Waals surface area contributed by atoms with Gasteiger partial charge in [-0.25, -0.2) is 0 Å². The number of nitrogens with two attached hydrogens (primary N) is 1. The SMILES string of the molecule is COC(=O)C1(CC(N)=O)C(=O)N(Cc2cccc(C(F)(F)F)c2)C(=O)c2ccccc21. The van der Waals surface area contributed by atoms with Crippen LogP contribution < -0.4 is 5.73 Å². The minimum atomic E-state index is -4.62. The number of methoxy groups -OCH3 is 1. The minimum absolute atomic E-state index is 0.00810. The van der Waals surface area contributed by atoms with Gasteiger partial charge in [-0.05, 0) is 29.3 Å². The zero-order valence-electron chi connectivity index (χ0n) is 16.2. The third-order valence-corrected chi connectivity index (χ3v) is 5.04. The van der Waals surface area contributed by atoms with Gasteiger partial charge < -0.3 is 10.5 Å². The molecule has 1 unspecified atom stereocenters. The molecule has 1 aliphatic rings. The molecule has 3 amide bonds. The lowest BCUT2D eigenvalue weighted by Gasteiger charge is -2.39. The van der Waals surface area contributed by atoms with E-state index in [2.05, 4.69) is 0 Å². The monoisotopic (exact) mass is 434 g/mol. The molecule has 1 atom stereocenters. The number of halogens is 3. The molecule has 0 fully saturated rings. The van der Waals surface area contributed by atoms with Crippen molar-refractivity contribution >= 4 is 23.7 Å². The summed E-state index contributed by atoms with van der Waals surface area (Å²) in [7, 11) is 1.01. The largest absolute Gasteiger partial charge is 0.468 e. The van der Waals surface area contributed by atoms with Crippen molar-refractivity contribution in [2.45, 2.75) is 24.6 Å². The zero-order valence-corrected chi connectivity index (χ0v) is 16.2. The fourth-order valence-corrected chi connectivity index (χ4v) is 3.67. The second kappa shape index (κ2) is 7.86. The Labute approximate surface area is 174 Å². The van der Waals surface area contributed by atoms with E-state index in [-0.39, 0.29) is 16.7 Å². The Morgan fingerprint density at radius 2 is 1.77 bits per heavy atom. The molecule has 2 aromatic rings. The number of hydrogen-bond donors (Lipinski definition) is 1. The molecule has 0 radical (unpaired) electrons. The molecule has 7 nitrogen and oxygen atoms in total. The number of benzene rings is 2. The number of rotatable bonds is 5. The predicted molar refractivity (Wildman–Crippen MR) is 100 cm³/mol. The molecule has 1 aliphatic heterocycles. The maximum absolute atomic E-state index is 13.4. The van der Waals surface area contributed by atoms with E-state index in [4.69, 9.17) is 10.5 Å². The Kier molecular flexibility index (Phi) is 5.58. The van der Waals surface area contributed by atoms with Crippen LogP contribution >= 0.6 is 0 Å². The molecule has 31 heavy (non-hydrogen) atoms. The van der Waals surface area contributed by atoms with E-state index in [0.29, 0.717) is 4.90 Å². The first-order chi connectivity index (χ1) is 14.5. The van der Waals surface area contributed by atoms with Gasteiger partial charge >= 0.3 is 12.1 Å². The molecule has 0 saturated heterocycles. The number of nitrogens with zero attached hydrogens (tertiary/aromatic N) is 1. The van der Waals surface area contributed by atoms with Gasteiger partial charge in [0.05, 0.1) is 25.6 Å². The topological polar surface area (TPSA) is 107 Å². The number of alkyl halides is 3. The Hall–Kier alpha value is -3.69. The van der Waals surface area contributed by atoms with Crippen LogP contribution in [0.25, 0.3) is 0 Å². The van der Waals surface area contributed by atoms with Crippen LogP contribution in [-0.4, -0.2) is 35.7 Å². The Morgan fingerprint density at radius 3 is 2.39 bits per heavy atom. The van der Waals surface area contributed by atoms with Crippen molar-refractivity contribution in [2.24, 2.45) is 5.73 Å². The van der Waals surface area contributed by atoms with Gasteiger partial charge in [0.15, 0.2) is 5.41 Å². The van der Waals surface area contributed by atoms with Crippen molar-refractivity contribution in [3.8, 4) is 0 Å². The van der Waals surface area contributed by atoms with Gasteiger partial charge in [-0.3, -0.25) is 24.1 Å². The summed E-state index contributed by atoms with van der Waals surface area (Å²) in [5, 5.41) is 0. The van der Waals surface area contributed by atoms with Gasteiger partial charge in [-0.1, -0.05) is 30.3 Å². The van der Waals surface area contributed by atoms with Crippen molar-refractivity contribution in [1.82, 2.24) is 4.90 Å². The molecular weight excluding hydrogens is 417 g/mol. The highest BCUT2D eigenvalue weighted by Crippen LogP contribution is 2.40. The number of primary amides is 1. The third kappa shape index (κ3) is 3.76. The summed E-state index contributed by atoms with van der Waals surface area (Å²) < 4.78 is 43.9. The van der Waals surface area contributed by atoms with Crippen LogP contribution in [0.4, 0.5) is 13.2 Å². The summed E-state index contributed by atoms with van der Waals surface area (Å²) in [5.41, 5.74) is 2.01. The van der Waals surface area contributed by atoms with Crippen LogP contribution in [-0.2, 0) is 37.3 Å². The van der Waals surface area contributed by atoms with Crippen molar-refractivity contribution in [2.75, 3.05) is 7.11 Å². The van der Waals surface area contributed by atoms with Crippen molar-refractivity contribution in [3.63, 3.8) is 0 Å². The van der Waals surface area contributed by atoms with Crippen LogP contribution in [0.2, 0.25) is 0 Å². The maximum Gasteiger partial charge on any atom is 0.416 e. The van der Waals surface area contributed by atoms with E-state index in [1.165, 1.54) is 30.3 Å². The van der Waals surface area contributed by atoms with E-state index < -0.39 is 53.8 Å². The Morgan fingerprint density at radius 1 is 1.10 bits per heavy atom. The van der Waals surface area contributed by atoms with Crippen molar-refractivity contribution < 1.29 is 37.1 Å². The lowest BCUT2D eigenvalue weighted by molar-refractivity contribution is -0.158. The summed E-state index contributed by atoms with van der Waals surface area (Å²) in [5.74, 6) is -4.02. The third-order valence-electron chi connectivity index (χ3n) is 5.04. The van der Waals surface area contributed by atoms with Crippen LogP contribution in [0, 0.1) is 0 Å². The number of esters is 1. The number of amides is 3. The van der Waals surface area contributed by atoms with Gasteiger partial charge in [0.1, 0.15) is 0 Å². The normalized spacial score (nSPS) is 18.5. The van der Waals surface area contributed by atoms with Crippen molar-refractivity contribution in [1.29, 1.82) is 0 Å². The van der Waals surface area contributed by atoms with E-state index >= 15 is 0 Å². The summed E-state index contributed by atoms with van der Waals surface area (Å²) in [4.78, 5) is 51.6. The van der Waals surface area contributed by atoms with E-state index in [9.17, 15) is 32.3 Å². The average Bonchev–Trinajstić information content (AvgIpc) is 2.73. The summed E-state index contributed by atoms with van der Waals surface area (Å²) in [6.07, 6.45) is -5.40. The highest BCUT2D eigenvalue weighted by molar-refractivity contribution is 6.22. The molecule has 3 rings (SSSR count). The van der Waals surface area contributed by atoms with E-state index in [1.807, 2.05) is 0 Å². The van der Waals surface area contributed by atoms with Crippen molar-refractivity contribution in [3.05, 3.63) is 70.8 Å².